The summed E-state index contributed by atoms with van der Waals surface area (Å²) in [6.07, 6.45) is 4.35. The average molecular weight is 299 g/mol. The maximum absolute atomic E-state index is 12.2. The Morgan fingerprint density at radius 2 is 2.10 bits per heavy atom. The number of nitrogens with one attached hydrogen (secondary N) is 1. The maximum Gasteiger partial charge on any atom is 0.255 e. The molecule has 1 fully saturated rings. The smallest absolute Gasteiger partial charge is 0.255 e. The Labute approximate surface area is 126 Å². The molecule has 5 heteroatoms. The molecule has 1 aliphatic carbocycles. The van der Waals surface area contributed by atoms with Crippen molar-refractivity contribution in [1.82, 2.24) is 5.32 Å². The van der Waals surface area contributed by atoms with E-state index in [-0.39, 0.29) is 30.1 Å². The zero-order valence-corrected chi connectivity index (χ0v) is 12.6. The Kier molecular flexibility index (Phi) is 6.30. The minimum atomic E-state index is -0.202. The number of carbonyl (C=O) groups is 1. The van der Waals surface area contributed by atoms with Crippen LogP contribution in [0, 0.1) is 12.8 Å². The molecule has 2 atom stereocenters. The van der Waals surface area contributed by atoms with Crippen LogP contribution in [0.5, 0.6) is 5.75 Å². The number of rotatable bonds is 3. The van der Waals surface area contributed by atoms with Crippen LogP contribution in [0.25, 0.3) is 0 Å². The third-order valence-electron chi connectivity index (χ3n) is 3.92. The van der Waals surface area contributed by atoms with Crippen molar-refractivity contribution in [3.63, 3.8) is 0 Å². The number of benzene rings is 1. The monoisotopic (exact) mass is 298 g/mol. The lowest BCUT2D eigenvalue weighted by Crippen LogP contribution is -2.44. The van der Waals surface area contributed by atoms with Crippen LogP contribution in [0.1, 0.15) is 41.6 Å². The fourth-order valence-corrected chi connectivity index (χ4v) is 2.76. The summed E-state index contributed by atoms with van der Waals surface area (Å²) in [4.78, 5) is 12.2. The van der Waals surface area contributed by atoms with Gasteiger partial charge in [0.2, 0.25) is 0 Å². The normalized spacial score (nSPS) is 21.9. The summed E-state index contributed by atoms with van der Waals surface area (Å²) < 4.78 is 0. The van der Waals surface area contributed by atoms with E-state index in [1.807, 2.05) is 6.92 Å². The predicted molar refractivity (Wildman–Crippen MR) is 82.4 cm³/mol. The Balaban J connectivity index is 0.00000200. The SMILES string of the molecule is Cc1ccc(O)c(C(=O)NC2CCCCC2CN)c1.Cl. The van der Waals surface area contributed by atoms with Crippen molar-refractivity contribution in [2.75, 3.05) is 6.54 Å². The molecule has 0 heterocycles. The van der Waals surface area contributed by atoms with Crippen molar-refractivity contribution >= 4 is 18.3 Å². The molecule has 1 saturated carbocycles. The molecule has 0 bridgehead atoms. The lowest BCUT2D eigenvalue weighted by atomic mass is 9.84. The van der Waals surface area contributed by atoms with Crippen LogP contribution in [-0.2, 0) is 0 Å². The summed E-state index contributed by atoms with van der Waals surface area (Å²) in [5.74, 6) is 0.180. The van der Waals surface area contributed by atoms with Gasteiger partial charge in [0.15, 0.2) is 0 Å². The van der Waals surface area contributed by atoms with E-state index in [2.05, 4.69) is 5.32 Å². The molecular weight excluding hydrogens is 276 g/mol. The zero-order chi connectivity index (χ0) is 13.8. The molecule has 0 aliphatic heterocycles. The van der Waals surface area contributed by atoms with Gasteiger partial charge in [-0.25, -0.2) is 0 Å². The van der Waals surface area contributed by atoms with Gasteiger partial charge in [-0.05, 0) is 44.4 Å². The van der Waals surface area contributed by atoms with E-state index in [4.69, 9.17) is 5.73 Å². The quantitative estimate of drug-likeness (QED) is 0.802. The Hall–Kier alpha value is -1.26. The van der Waals surface area contributed by atoms with Gasteiger partial charge in [-0.1, -0.05) is 24.5 Å². The molecule has 0 radical (unpaired) electrons. The molecule has 1 amide bonds. The number of phenolic OH excluding ortho intramolecular Hbond substituents is 1. The number of amides is 1. The Morgan fingerprint density at radius 1 is 1.40 bits per heavy atom. The first-order valence-electron chi connectivity index (χ1n) is 6.92. The number of hydrogen-bond donors (Lipinski definition) is 3. The van der Waals surface area contributed by atoms with E-state index >= 15 is 0 Å². The van der Waals surface area contributed by atoms with Gasteiger partial charge in [0.1, 0.15) is 5.75 Å². The highest BCUT2D eigenvalue weighted by molar-refractivity contribution is 5.97. The van der Waals surface area contributed by atoms with Gasteiger partial charge >= 0.3 is 0 Å². The van der Waals surface area contributed by atoms with Crippen molar-refractivity contribution in [3.8, 4) is 5.75 Å². The standard InChI is InChI=1S/C15H22N2O2.ClH/c1-10-6-7-14(18)12(8-10)15(19)17-13-5-3-2-4-11(13)9-16;/h6-8,11,13,18H,2-5,9,16H2,1H3,(H,17,19);1H. The number of aryl methyl sites for hydroxylation is 1. The minimum Gasteiger partial charge on any atom is -0.507 e. The molecule has 1 aromatic carbocycles. The highest BCUT2D eigenvalue weighted by Crippen LogP contribution is 2.25. The Morgan fingerprint density at radius 3 is 2.80 bits per heavy atom. The van der Waals surface area contributed by atoms with E-state index in [0.29, 0.717) is 18.0 Å². The van der Waals surface area contributed by atoms with E-state index in [1.54, 1.807) is 18.2 Å². The van der Waals surface area contributed by atoms with Gasteiger partial charge in [-0.3, -0.25) is 4.79 Å². The molecule has 4 N–H and O–H groups in total. The number of nitrogens with two attached hydrogens (primary N) is 1. The average Bonchev–Trinajstić information content (AvgIpc) is 2.42. The van der Waals surface area contributed by atoms with Crippen molar-refractivity contribution in [1.29, 1.82) is 0 Å². The molecule has 112 valence electrons. The fraction of sp³-hybridized carbons (Fsp3) is 0.533. The van der Waals surface area contributed by atoms with Crippen LogP contribution in [0.15, 0.2) is 18.2 Å². The van der Waals surface area contributed by atoms with E-state index in [0.717, 1.165) is 24.8 Å². The topological polar surface area (TPSA) is 75.3 Å². The molecule has 1 aromatic rings. The van der Waals surface area contributed by atoms with Gasteiger partial charge in [0, 0.05) is 6.04 Å². The van der Waals surface area contributed by atoms with Crippen LogP contribution < -0.4 is 11.1 Å². The molecule has 0 aromatic heterocycles. The van der Waals surface area contributed by atoms with Gasteiger partial charge < -0.3 is 16.2 Å². The lowest BCUT2D eigenvalue weighted by molar-refractivity contribution is 0.0905. The van der Waals surface area contributed by atoms with Crippen molar-refractivity contribution < 1.29 is 9.90 Å². The van der Waals surface area contributed by atoms with E-state index < -0.39 is 0 Å². The number of aromatic hydroxyl groups is 1. The first-order valence-corrected chi connectivity index (χ1v) is 6.92. The minimum absolute atomic E-state index is 0. The lowest BCUT2D eigenvalue weighted by Gasteiger charge is -2.31. The van der Waals surface area contributed by atoms with Gasteiger partial charge in [-0.2, -0.15) is 0 Å². The molecule has 2 unspecified atom stereocenters. The van der Waals surface area contributed by atoms with E-state index in [1.165, 1.54) is 6.42 Å². The molecule has 20 heavy (non-hydrogen) atoms. The van der Waals surface area contributed by atoms with Crippen LogP contribution in [-0.4, -0.2) is 23.6 Å². The fourth-order valence-electron chi connectivity index (χ4n) is 2.76. The highest BCUT2D eigenvalue weighted by Gasteiger charge is 2.26. The summed E-state index contributed by atoms with van der Waals surface area (Å²) in [5, 5.41) is 12.8. The van der Waals surface area contributed by atoms with Gasteiger partial charge in [0.25, 0.3) is 5.91 Å². The van der Waals surface area contributed by atoms with Crippen LogP contribution in [0.2, 0.25) is 0 Å². The van der Waals surface area contributed by atoms with Crippen LogP contribution in [0.3, 0.4) is 0 Å². The number of hydrogen-bond acceptors (Lipinski definition) is 3. The predicted octanol–water partition coefficient (Wildman–Crippen LogP) is 2.37. The zero-order valence-electron chi connectivity index (χ0n) is 11.8. The summed E-state index contributed by atoms with van der Waals surface area (Å²) >= 11 is 0. The van der Waals surface area contributed by atoms with Crippen molar-refractivity contribution in [3.05, 3.63) is 29.3 Å². The van der Waals surface area contributed by atoms with E-state index in [9.17, 15) is 9.90 Å². The maximum atomic E-state index is 12.2. The van der Waals surface area contributed by atoms with Gasteiger partial charge in [0.05, 0.1) is 5.56 Å². The second kappa shape index (κ2) is 7.50. The molecule has 4 nitrogen and oxygen atoms in total. The summed E-state index contributed by atoms with van der Waals surface area (Å²) in [6.45, 7) is 2.50. The first kappa shape index (κ1) is 16.8. The van der Waals surface area contributed by atoms with Crippen molar-refractivity contribution in [2.45, 2.75) is 38.6 Å². The third kappa shape index (κ3) is 3.87. The summed E-state index contributed by atoms with van der Waals surface area (Å²) in [5.41, 5.74) is 7.07. The summed E-state index contributed by atoms with van der Waals surface area (Å²) in [6, 6.07) is 5.19. The highest BCUT2D eigenvalue weighted by atomic mass is 35.5. The number of carbonyl (C=O) groups excluding carboxylic acids is 1. The molecular formula is C15H23ClN2O2. The summed E-state index contributed by atoms with van der Waals surface area (Å²) in [7, 11) is 0. The van der Waals surface area contributed by atoms with Gasteiger partial charge in [-0.15, -0.1) is 12.4 Å². The third-order valence-corrected chi connectivity index (χ3v) is 3.92. The first-order chi connectivity index (χ1) is 9.11. The van der Waals surface area contributed by atoms with Crippen LogP contribution in [0.4, 0.5) is 0 Å². The Bertz CT molecular complexity index is 465. The molecule has 1 aliphatic rings. The van der Waals surface area contributed by atoms with Crippen LogP contribution >= 0.6 is 12.4 Å². The number of phenols is 1. The number of halogens is 1. The largest absolute Gasteiger partial charge is 0.507 e. The molecule has 2 rings (SSSR count). The second-order valence-electron chi connectivity index (χ2n) is 5.38. The second-order valence-corrected chi connectivity index (χ2v) is 5.38. The van der Waals surface area contributed by atoms with Crippen molar-refractivity contribution in [2.24, 2.45) is 11.7 Å². The molecule has 0 spiro atoms. The molecule has 0 saturated heterocycles.